The fourth-order valence-corrected chi connectivity index (χ4v) is 2.21. The molecule has 10 heavy (non-hydrogen) atoms. The van der Waals surface area contributed by atoms with Crippen LogP contribution >= 0.6 is 0 Å². The molecule has 0 aromatic rings. The summed E-state index contributed by atoms with van der Waals surface area (Å²) < 4.78 is 0. The van der Waals surface area contributed by atoms with Crippen molar-refractivity contribution in [3.63, 3.8) is 0 Å². The Hall–Kier alpha value is -0.461. The Bertz CT molecular complexity index is 161. The fraction of sp³-hybridized carbons (Fsp3) is 0.250. The fourth-order valence-electron chi connectivity index (χ4n) is 0.702. The molecule has 0 spiro atoms. The molecular formula is C8H11NSe. The number of allylic oxidation sites excluding steroid dienone is 3. The van der Waals surface area contributed by atoms with E-state index in [1.807, 2.05) is 18.4 Å². The molecule has 2 heteroatoms. The maximum atomic E-state index is 3.69. The molecule has 0 saturated heterocycles. The van der Waals surface area contributed by atoms with Crippen molar-refractivity contribution in [1.29, 1.82) is 0 Å². The summed E-state index contributed by atoms with van der Waals surface area (Å²) in [4.78, 5) is 0.579. The van der Waals surface area contributed by atoms with Gasteiger partial charge in [0.25, 0.3) is 0 Å². The van der Waals surface area contributed by atoms with Gasteiger partial charge in [-0.3, -0.25) is 0 Å². The minimum absolute atomic E-state index is 0.579. The van der Waals surface area contributed by atoms with Crippen LogP contribution in [0.4, 0.5) is 0 Å². The Morgan fingerprint density at radius 3 is 3.10 bits per heavy atom. The molecule has 1 atom stereocenters. The zero-order valence-electron chi connectivity index (χ0n) is 5.79. The van der Waals surface area contributed by atoms with Gasteiger partial charge in [0.1, 0.15) is 0 Å². The summed E-state index contributed by atoms with van der Waals surface area (Å²) >= 11 is 0.628. The molecule has 1 nitrogen and oxygen atoms in total. The SMILES string of the molecule is C=CC[Se]C1C=CC=CN1. The van der Waals surface area contributed by atoms with Crippen LogP contribution in [0.15, 0.2) is 37.1 Å². The molecule has 0 aromatic heterocycles. The molecule has 0 bridgehead atoms. The van der Waals surface area contributed by atoms with Gasteiger partial charge < -0.3 is 0 Å². The predicted molar refractivity (Wildman–Crippen MR) is 46.0 cm³/mol. The van der Waals surface area contributed by atoms with Crippen molar-refractivity contribution >= 4 is 15.0 Å². The van der Waals surface area contributed by atoms with Crippen LogP contribution in [0.3, 0.4) is 0 Å². The molecular weight excluding hydrogens is 189 g/mol. The van der Waals surface area contributed by atoms with Gasteiger partial charge in [0.2, 0.25) is 0 Å². The zero-order valence-corrected chi connectivity index (χ0v) is 7.50. The molecule has 0 radical (unpaired) electrons. The summed E-state index contributed by atoms with van der Waals surface area (Å²) in [5.74, 6) is 0. The van der Waals surface area contributed by atoms with E-state index >= 15 is 0 Å². The second-order valence-corrected chi connectivity index (χ2v) is 4.42. The molecule has 0 aliphatic carbocycles. The molecule has 1 N–H and O–H groups in total. The van der Waals surface area contributed by atoms with E-state index in [0.29, 0.717) is 19.9 Å². The van der Waals surface area contributed by atoms with E-state index in [1.165, 1.54) is 0 Å². The summed E-state index contributed by atoms with van der Waals surface area (Å²) in [7, 11) is 0. The van der Waals surface area contributed by atoms with Crippen LogP contribution in [0, 0.1) is 0 Å². The van der Waals surface area contributed by atoms with Crippen LogP contribution in [0.5, 0.6) is 0 Å². The molecule has 1 aliphatic rings. The number of rotatable bonds is 3. The van der Waals surface area contributed by atoms with Crippen LogP contribution in [0.1, 0.15) is 0 Å². The third kappa shape index (κ3) is 2.42. The second-order valence-electron chi connectivity index (χ2n) is 1.95. The van der Waals surface area contributed by atoms with E-state index < -0.39 is 0 Å². The molecule has 1 rings (SSSR count). The van der Waals surface area contributed by atoms with Gasteiger partial charge in [-0.1, -0.05) is 0 Å². The monoisotopic (exact) mass is 201 g/mol. The zero-order chi connectivity index (χ0) is 7.23. The number of nitrogens with one attached hydrogen (secondary N) is 1. The van der Waals surface area contributed by atoms with Gasteiger partial charge in [0.05, 0.1) is 0 Å². The number of hydrogen-bond acceptors (Lipinski definition) is 1. The first-order valence-electron chi connectivity index (χ1n) is 3.25. The normalized spacial score (nSPS) is 22.2. The molecule has 1 aliphatic heterocycles. The van der Waals surface area contributed by atoms with Crippen molar-refractivity contribution in [3.05, 3.63) is 37.1 Å². The Balaban J connectivity index is 2.23. The Morgan fingerprint density at radius 2 is 2.50 bits per heavy atom. The minimum atomic E-state index is 0.579. The quantitative estimate of drug-likeness (QED) is 0.534. The van der Waals surface area contributed by atoms with E-state index in [0.717, 1.165) is 5.32 Å². The molecule has 0 saturated carbocycles. The van der Waals surface area contributed by atoms with Crippen molar-refractivity contribution < 1.29 is 0 Å². The topological polar surface area (TPSA) is 12.0 Å². The Labute approximate surface area is 68.0 Å². The third-order valence-electron chi connectivity index (χ3n) is 1.15. The number of hydrogen-bond donors (Lipinski definition) is 1. The first-order valence-corrected chi connectivity index (χ1v) is 5.45. The van der Waals surface area contributed by atoms with Gasteiger partial charge in [0, 0.05) is 0 Å². The van der Waals surface area contributed by atoms with E-state index in [4.69, 9.17) is 0 Å². The van der Waals surface area contributed by atoms with E-state index in [2.05, 4.69) is 24.0 Å². The van der Waals surface area contributed by atoms with Crippen LogP contribution in [-0.4, -0.2) is 19.9 Å². The number of dihydropyridines is 1. The van der Waals surface area contributed by atoms with Crippen molar-refractivity contribution in [2.75, 3.05) is 0 Å². The molecule has 0 aromatic carbocycles. The summed E-state index contributed by atoms with van der Waals surface area (Å²) in [6.45, 7) is 3.69. The third-order valence-corrected chi connectivity index (χ3v) is 3.41. The van der Waals surface area contributed by atoms with E-state index in [-0.39, 0.29) is 0 Å². The van der Waals surface area contributed by atoms with Crippen LogP contribution in [0.2, 0.25) is 5.32 Å². The molecule has 0 amide bonds. The average Bonchev–Trinajstić information content (AvgIpc) is 2.03. The standard InChI is InChI=1S/C8H11NSe/c1-2-7-10-8-5-3-4-6-9-8/h2-6,8-9H,1,7H2. The van der Waals surface area contributed by atoms with Gasteiger partial charge in [-0.2, -0.15) is 0 Å². The van der Waals surface area contributed by atoms with Crippen LogP contribution in [-0.2, 0) is 0 Å². The van der Waals surface area contributed by atoms with Crippen molar-refractivity contribution in [1.82, 2.24) is 5.32 Å². The van der Waals surface area contributed by atoms with Gasteiger partial charge in [0.15, 0.2) is 0 Å². The van der Waals surface area contributed by atoms with Gasteiger partial charge in [-0.05, 0) is 0 Å². The summed E-state index contributed by atoms with van der Waals surface area (Å²) in [6, 6.07) is 0. The summed E-state index contributed by atoms with van der Waals surface area (Å²) in [5.41, 5.74) is 0. The summed E-state index contributed by atoms with van der Waals surface area (Å²) in [6.07, 6.45) is 10.3. The Kier molecular flexibility index (Phi) is 3.34. The van der Waals surface area contributed by atoms with Crippen molar-refractivity contribution in [3.8, 4) is 0 Å². The average molecular weight is 200 g/mol. The maximum absolute atomic E-state index is 3.69. The molecule has 1 unspecified atom stereocenters. The summed E-state index contributed by atoms with van der Waals surface area (Å²) in [5, 5.41) is 4.41. The first kappa shape index (κ1) is 7.64. The van der Waals surface area contributed by atoms with Gasteiger partial charge in [-0.15, -0.1) is 0 Å². The van der Waals surface area contributed by atoms with Gasteiger partial charge >= 0.3 is 67.6 Å². The van der Waals surface area contributed by atoms with E-state index in [9.17, 15) is 0 Å². The van der Waals surface area contributed by atoms with Crippen molar-refractivity contribution in [2.45, 2.75) is 10.3 Å². The van der Waals surface area contributed by atoms with Gasteiger partial charge in [-0.25, -0.2) is 0 Å². The molecule has 1 heterocycles. The molecule has 54 valence electrons. The van der Waals surface area contributed by atoms with Crippen molar-refractivity contribution in [2.24, 2.45) is 0 Å². The second kappa shape index (κ2) is 4.37. The first-order chi connectivity index (χ1) is 4.93. The predicted octanol–water partition coefficient (Wildman–Crippen LogP) is 1.29. The van der Waals surface area contributed by atoms with Crippen LogP contribution < -0.4 is 5.32 Å². The Morgan fingerprint density at radius 1 is 1.60 bits per heavy atom. The van der Waals surface area contributed by atoms with E-state index in [1.54, 1.807) is 0 Å². The van der Waals surface area contributed by atoms with Crippen LogP contribution in [0.25, 0.3) is 0 Å². The molecule has 0 fully saturated rings.